The molecule has 0 N–H and O–H groups in total. The highest BCUT2D eigenvalue weighted by Gasteiger charge is 2.39. The number of carbonyl (C=O) groups excluding carboxylic acids is 2. The molecule has 1 heterocycles. The van der Waals surface area contributed by atoms with Crippen LogP contribution in [0.3, 0.4) is 0 Å². The van der Waals surface area contributed by atoms with Crippen molar-refractivity contribution in [3.05, 3.63) is 42.7 Å². The SMILES string of the molecule is C=C1CCCC(=O)OB(C(=O)Oc2ccccc2)O1. The van der Waals surface area contributed by atoms with Crippen LogP contribution in [0.5, 0.6) is 5.75 Å². The average Bonchev–Trinajstić information content (AvgIpc) is 2.37. The Morgan fingerprint density at radius 2 is 1.95 bits per heavy atom. The summed E-state index contributed by atoms with van der Waals surface area (Å²) in [5, 5.41) is 0. The number of para-hydroxylation sites is 1. The topological polar surface area (TPSA) is 61.8 Å². The van der Waals surface area contributed by atoms with Crippen LogP contribution in [-0.2, 0) is 14.1 Å². The normalized spacial score (nSPS) is 15.9. The lowest BCUT2D eigenvalue weighted by Gasteiger charge is -2.18. The minimum absolute atomic E-state index is 0.234. The second kappa shape index (κ2) is 6.09. The maximum absolute atomic E-state index is 11.9. The van der Waals surface area contributed by atoms with Crippen molar-refractivity contribution in [2.24, 2.45) is 0 Å². The summed E-state index contributed by atoms with van der Waals surface area (Å²) in [5.74, 6) is -0.493. The number of benzene rings is 1. The maximum atomic E-state index is 11.9. The van der Waals surface area contributed by atoms with Gasteiger partial charge in [-0.1, -0.05) is 24.8 Å². The van der Waals surface area contributed by atoms with Crippen molar-refractivity contribution in [2.45, 2.75) is 19.3 Å². The van der Waals surface area contributed by atoms with Crippen LogP contribution < -0.4 is 4.74 Å². The van der Waals surface area contributed by atoms with Crippen LogP contribution in [0, 0.1) is 0 Å². The van der Waals surface area contributed by atoms with E-state index in [0.29, 0.717) is 24.4 Å². The Labute approximate surface area is 111 Å². The van der Waals surface area contributed by atoms with E-state index in [1.165, 1.54) is 0 Å². The first-order valence-electron chi connectivity index (χ1n) is 5.96. The zero-order chi connectivity index (χ0) is 13.7. The summed E-state index contributed by atoms with van der Waals surface area (Å²) < 4.78 is 15.1. The van der Waals surface area contributed by atoms with Crippen LogP contribution in [0.1, 0.15) is 19.3 Å². The molecule has 0 unspecified atom stereocenters. The van der Waals surface area contributed by atoms with Gasteiger partial charge in [0.15, 0.2) is 0 Å². The van der Waals surface area contributed by atoms with Gasteiger partial charge in [0, 0.05) is 12.8 Å². The molecule has 1 aromatic rings. The molecule has 98 valence electrons. The molecule has 1 aromatic carbocycles. The predicted molar refractivity (Wildman–Crippen MR) is 68.4 cm³/mol. The van der Waals surface area contributed by atoms with E-state index >= 15 is 0 Å². The molecule has 0 spiro atoms. The van der Waals surface area contributed by atoms with E-state index in [0.717, 1.165) is 0 Å². The lowest BCUT2D eigenvalue weighted by molar-refractivity contribution is -0.136. The fourth-order valence-corrected chi connectivity index (χ4v) is 1.59. The minimum Gasteiger partial charge on any atom is -0.522 e. The number of hydrogen-bond acceptors (Lipinski definition) is 5. The van der Waals surface area contributed by atoms with E-state index in [1.807, 2.05) is 0 Å². The molecule has 6 heteroatoms. The highest BCUT2D eigenvalue weighted by atomic mass is 16.6. The molecule has 0 saturated carbocycles. The molecule has 0 aromatic heterocycles. The first-order valence-corrected chi connectivity index (χ1v) is 5.96. The molecular weight excluding hydrogens is 247 g/mol. The van der Waals surface area contributed by atoms with Crippen LogP contribution in [-0.4, -0.2) is 19.0 Å². The lowest BCUT2D eigenvalue weighted by Crippen LogP contribution is -2.38. The van der Waals surface area contributed by atoms with Crippen molar-refractivity contribution in [1.82, 2.24) is 0 Å². The number of allylic oxidation sites excluding steroid dienone is 1. The van der Waals surface area contributed by atoms with Crippen LogP contribution in [0.15, 0.2) is 42.7 Å². The maximum Gasteiger partial charge on any atom is 0.719 e. The summed E-state index contributed by atoms with van der Waals surface area (Å²) in [6.45, 7) is 3.66. The molecule has 5 nitrogen and oxygen atoms in total. The Bertz CT molecular complexity index is 467. The predicted octanol–water partition coefficient (Wildman–Crippen LogP) is 2.51. The zero-order valence-corrected chi connectivity index (χ0v) is 10.3. The smallest absolute Gasteiger partial charge is 0.522 e. The van der Waals surface area contributed by atoms with Crippen LogP contribution in [0.25, 0.3) is 0 Å². The van der Waals surface area contributed by atoms with Gasteiger partial charge in [-0.25, -0.2) is 0 Å². The summed E-state index contributed by atoms with van der Waals surface area (Å²) in [4.78, 5) is 23.2. The molecule has 0 bridgehead atoms. The summed E-state index contributed by atoms with van der Waals surface area (Å²) in [6.07, 6.45) is 1.35. The van der Waals surface area contributed by atoms with Gasteiger partial charge in [-0.15, -0.1) is 0 Å². The standard InChI is InChI=1S/C13H13BO5/c1-10-6-5-9-12(15)19-14(18-10)13(16)17-11-7-3-2-4-8-11/h2-4,7-8H,1,5-6,9H2. The van der Waals surface area contributed by atoms with Crippen LogP contribution in [0.2, 0.25) is 0 Å². The van der Waals surface area contributed by atoms with Gasteiger partial charge in [0.25, 0.3) is 5.97 Å². The largest absolute Gasteiger partial charge is 0.719 e. The zero-order valence-electron chi connectivity index (χ0n) is 10.3. The second-order valence-electron chi connectivity index (χ2n) is 4.07. The quantitative estimate of drug-likeness (QED) is 0.764. The highest BCUT2D eigenvalue weighted by Crippen LogP contribution is 2.16. The van der Waals surface area contributed by atoms with Gasteiger partial charge in [0.1, 0.15) is 5.75 Å². The van der Waals surface area contributed by atoms with Crippen LogP contribution >= 0.6 is 0 Å². The first kappa shape index (κ1) is 13.2. The molecule has 1 aliphatic heterocycles. The van der Waals surface area contributed by atoms with E-state index in [1.54, 1.807) is 30.3 Å². The number of ether oxygens (including phenoxy) is 1. The van der Waals surface area contributed by atoms with Crippen molar-refractivity contribution < 1.29 is 23.6 Å². The Morgan fingerprint density at radius 3 is 2.68 bits per heavy atom. The van der Waals surface area contributed by atoms with Crippen molar-refractivity contribution in [3.8, 4) is 5.75 Å². The molecule has 1 aliphatic rings. The van der Waals surface area contributed by atoms with Crippen molar-refractivity contribution in [1.29, 1.82) is 0 Å². The molecule has 0 atom stereocenters. The van der Waals surface area contributed by atoms with Gasteiger partial charge >= 0.3 is 13.0 Å². The summed E-state index contributed by atoms with van der Waals surface area (Å²) >= 11 is 0. The first-order chi connectivity index (χ1) is 9.15. The van der Waals surface area contributed by atoms with Gasteiger partial charge in [-0.3, -0.25) is 9.59 Å². The van der Waals surface area contributed by atoms with E-state index in [9.17, 15) is 9.59 Å². The third-order valence-corrected chi connectivity index (χ3v) is 2.50. The average molecular weight is 260 g/mol. The Kier molecular flexibility index (Phi) is 4.23. The molecule has 0 radical (unpaired) electrons. The van der Waals surface area contributed by atoms with Gasteiger partial charge in [-0.05, 0) is 18.6 Å². The summed E-state index contributed by atoms with van der Waals surface area (Å²) in [5.41, 5.74) is 0. The highest BCUT2D eigenvalue weighted by molar-refractivity contribution is 6.80. The third-order valence-electron chi connectivity index (χ3n) is 2.50. The Morgan fingerprint density at radius 1 is 1.21 bits per heavy atom. The summed E-state index contributed by atoms with van der Waals surface area (Å²) in [6, 6.07) is 8.50. The monoisotopic (exact) mass is 260 g/mol. The van der Waals surface area contributed by atoms with E-state index in [4.69, 9.17) is 14.0 Å². The van der Waals surface area contributed by atoms with Crippen molar-refractivity contribution in [2.75, 3.05) is 0 Å². The van der Waals surface area contributed by atoms with Gasteiger partial charge in [0.05, 0.1) is 5.76 Å². The minimum atomic E-state index is -1.39. The molecule has 1 fully saturated rings. The van der Waals surface area contributed by atoms with Gasteiger partial charge in [0.2, 0.25) is 0 Å². The van der Waals surface area contributed by atoms with Gasteiger partial charge < -0.3 is 14.0 Å². The molecule has 19 heavy (non-hydrogen) atoms. The number of carbonyl (C=O) groups is 2. The van der Waals surface area contributed by atoms with E-state index in [2.05, 4.69) is 6.58 Å². The van der Waals surface area contributed by atoms with Crippen molar-refractivity contribution >= 4 is 19.0 Å². The summed E-state index contributed by atoms with van der Waals surface area (Å²) in [7, 11) is -1.39. The molecule has 2 rings (SSSR count). The molecule has 1 saturated heterocycles. The molecular formula is C13H13BO5. The van der Waals surface area contributed by atoms with Crippen molar-refractivity contribution in [3.63, 3.8) is 0 Å². The number of hydrogen-bond donors (Lipinski definition) is 0. The van der Waals surface area contributed by atoms with Gasteiger partial charge in [-0.2, -0.15) is 0 Å². The Balaban J connectivity index is 2.03. The fraction of sp³-hybridized carbons (Fsp3) is 0.231. The molecule has 0 amide bonds. The third kappa shape index (κ3) is 3.87. The molecule has 0 aliphatic carbocycles. The Hall–Kier alpha value is -2.24. The van der Waals surface area contributed by atoms with E-state index in [-0.39, 0.29) is 6.42 Å². The second-order valence-corrected chi connectivity index (χ2v) is 4.07. The number of rotatable bonds is 2. The van der Waals surface area contributed by atoms with Crippen LogP contribution in [0.4, 0.5) is 4.79 Å². The fourth-order valence-electron chi connectivity index (χ4n) is 1.59. The van der Waals surface area contributed by atoms with E-state index < -0.39 is 19.0 Å². The lowest BCUT2D eigenvalue weighted by atomic mass is 9.89.